The zero-order valence-electron chi connectivity index (χ0n) is 14.3. The van der Waals surface area contributed by atoms with Crippen LogP contribution in [0.25, 0.3) is 0 Å². The van der Waals surface area contributed by atoms with Crippen LogP contribution in [0.2, 0.25) is 0 Å². The molecule has 0 aromatic heterocycles. The van der Waals surface area contributed by atoms with Gasteiger partial charge in [0.1, 0.15) is 11.8 Å². The molecular formula is C16H26N2O5. The van der Waals surface area contributed by atoms with Crippen LogP contribution < -0.4 is 0 Å². The van der Waals surface area contributed by atoms with Gasteiger partial charge in [0.25, 0.3) is 0 Å². The number of amides is 1. The minimum absolute atomic E-state index is 0.0357. The maximum atomic E-state index is 12.6. The Morgan fingerprint density at radius 1 is 1.26 bits per heavy atom. The van der Waals surface area contributed by atoms with E-state index in [2.05, 4.69) is 0 Å². The van der Waals surface area contributed by atoms with Crippen LogP contribution in [0.15, 0.2) is 0 Å². The first-order valence-corrected chi connectivity index (χ1v) is 7.94. The highest BCUT2D eigenvalue weighted by atomic mass is 16.5. The number of morpholine rings is 1. The number of nitrogens with zero attached hydrogens (tertiary/aromatic N) is 2. The molecule has 0 aromatic rings. The Labute approximate surface area is 136 Å². The first-order chi connectivity index (χ1) is 10.5. The third kappa shape index (κ3) is 4.09. The number of likely N-dealkylation sites (tertiary alicyclic amines) is 1. The molecule has 0 saturated carbocycles. The zero-order chi connectivity index (χ0) is 17.4. The second kappa shape index (κ2) is 6.20. The lowest BCUT2D eigenvalue weighted by Crippen LogP contribution is -2.60. The number of ether oxygens (including phenoxy) is 1. The largest absolute Gasteiger partial charge is 0.480 e. The molecule has 1 N–H and O–H groups in total. The molecule has 130 valence electrons. The summed E-state index contributed by atoms with van der Waals surface area (Å²) in [7, 11) is 0. The average molecular weight is 326 g/mol. The normalized spacial score (nSPS) is 27.7. The fraction of sp³-hybridized carbons (Fsp3) is 0.812. The van der Waals surface area contributed by atoms with E-state index >= 15 is 0 Å². The number of carbonyl (C=O) groups excluding carboxylic acids is 2. The Hall–Kier alpha value is -1.47. The molecule has 0 aliphatic carbocycles. The van der Waals surface area contributed by atoms with Crippen molar-refractivity contribution in [2.75, 3.05) is 32.8 Å². The molecule has 2 aliphatic rings. The summed E-state index contributed by atoms with van der Waals surface area (Å²) in [6, 6.07) is -0.814. The molecule has 0 aromatic carbocycles. The molecular weight excluding hydrogens is 300 g/mol. The molecule has 2 rings (SSSR count). The molecule has 23 heavy (non-hydrogen) atoms. The second-order valence-corrected chi connectivity index (χ2v) is 7.70. The van der Waals surface area contributed by atoms with Gasteiger partial charge in [0.15, 0.2) is 0 Å². The third-order valence-electron chi connectivity index (χ3n) is 4.58. The van der Waals surface area contributed by atoms with Crippen LogP contribution >= 0.6 is 0 Å². The average Bonchev–Trinajstić information content (AvgIpc) is 2.40. The van der Waals surface area contributed by atoms with Gasteiger partial charge in [-0.1, -0.05) is 13.8 Å². The number of piperidine rings is 1. The van der Waals surface area contributed by atoms with Gasteiger partial charge in [-0.15, -0.1) is 0 Å². The molecule has 0 bridgehead atoms. The minimum Gasteiger partial charge on any atom is -0.480 e. The summed E-state index contributed by atoms with van der Waals surface area (Å²) in [5.74, 6) is -0.950. The summed E-state index contributed by atoms with van der Waals surface area (Å²) in [6.45, 7) is 8.72. The van der Waals surface area contributed by atoms with Crippen LogP contribution in [0.5, 0.6) is 0 Å². The van der Waals surface area contributed by atoms with Gasteiger partial charge >= 0.3 is 5.97 Å². The van der Waals surface area contributed by atoms with Crippen LogP contribution in [0.1, 0.15) is 34.1 Å². The number of aliphatic carboxylic acids is 1. The van der Waals surface area contributed by atoms with E-state index in [0.717, 1.165) is 0 Å². The van der Waals surface area contributed by atoms with Gasteiger partial charge in [-0.05, 0) is 13.8 Å². The summed E-state index contributed by atoms with van der Waals surface area (Å²) < 4.78 is 5.55. The van der Waals surface area contributed by atoms with Crippen LogP contribution in [0.3, 0.4) is 0 Å². The number of ketones is 1. The molecule has 7 heteroatoms. The predicted octanol–water partition coefficient (Wildman–Crippen LogP) is 0.378. The molecule has 1 amide bonds. The molecule has 2 fully saturated rings. The van der Waals surface area contributed by atoms with Crippen molar-refractivity contribution in [2.45, 2.75) is 45.8 Å². The van der Waals surface area contributed by atoms with E-state index in [0.29, 0.717) is 26.1 Å². The van der Waals surface area contributed by atoms with Crippen molar-refractivity contribution in [2.24, 2.45) is 5.41 Å². The summed E-state index contributed by atoms with van der Waals surface area (Å²) in [4.78, 5) is 39.2. The van der Waals surface area contributed by atoms with Crippen LogP contribution in [-0.4, -0.2) is 77.0 Å². The third-order valence-corrected chi connectivity index (χ3v) is 4.58. The summed E-state index contributed by atoms with van der Waals surface area (Å²) in [6.07, 6.45) is 0.357. The van der Waals surface area contributed by atoms with E-state index < -0.39 is 23.0 Å². The Morgan fingerprint density at radius 2 is 1.91 bits per heavy atom. The van der Waals surface area contributed by atoms with E-state index in [4.69, 9.17) is 4.74 Å². The van der Waals surface area contributed by atoms with Crippen molar-refractivity contribution in [1.29, 1.82) is 0 Å². The monoisotopic (exact) mass is 326 g/mol. The Balaban J connectivity index is 2.05. The highest BCUT2D eigenvalue weighted by Crippen LogP contribution is 2.26. The maximum absolute atomic E-state index is 12.6. The van der Waals surface area contributed by atoms with Crippen molar-refractivity contribution in [3.05, 3.63) is 0 Å². The van der Waals surface area contributed by atoms with E-state index in [1.807, 2.05) is 27.7 Å². The summed E-state index contributed by atoms with van der Waals surface area (Å²) in [5.41, 5.74) is -1.02. The fourth-order valence-electron chi connectivity index (χ4n) is 3.15. The number of Topliss-reactive ketones (excluding diaryl/α,β-unsaturated/α-hetero) is 1. The number of carboxylic acids is 1. The lowest BCUT2D eigenvalue weighted by atomic mass is 9.83. The van der Waals surface area contributed by atoms with Gasteiger partial charge in [0.2, 0.25) is 5.91 Å². The Kier molecular flexibility index (Phi) is 4.82. The van der Waals surface area contributed by atoms with Crippen molar-refractivity contribution in [3.8, 4) is 0 Å². The Morgan fingerprint density at radius 3 is 2.48 bits per heavy atom. The number of carbonyl (C=O) groups is 3. The molecule has 0 spiro atoms. The molecule has 2 saturated heterocycles. The van der Waals surface area contributed by atoms with Crippen molar-refractivity contribution in [1.82, 2.24) is 9.80 Å². The van der Waals surface area contributed by atoms with Gasteiger partial charge in [-0.25, -0.2) is 0 Å². The van der Waals surface area contributed by atoms with Gasteiger partial charge in [0.05, 0.1) is 18.8 Å². The van der Waals surface area contributed by atoms with Crippen LogP contribution in [-0.2, 0) is 19.1 Å². The standard InChI is InChI=1S/C16H26N2O5/c1-15(2)9-17(6-5-12(15)19)13(20)7-18-10-16(3,4)23-8-11(18)14(21)22/h11H,5-10H2,1-4H3,(H,21,22). The number of carboxylic acid groups (broad SMARTS) is 1. The summed E-state index contributed by atoms with van der Waals surface area (Å²) >= 11 is 0. The number of hydrogen-bond acceptors (Lipinski definition) is 5. The lowest BCUT2D eigenvalue weighted by molar-refractivity contribution is -0.165. The number of rotatable bonds is 3. The number of hydrogen-bond donors (Lipinski definition) is 1. The fourth-order valence-corrected chi connectivity index (χ4v) is 3.15. The highest BCUT2D eigenvalue weighted by Gasteiger charge is 2.41. The first-order valence-electron chi connectivity index (χ1n) is 7.94. The van der Waals surface area contributed by atoms with E-state index in [1.165, 1.54) is 0 Å². The maximum Gasteiger partial charge on any atom is 0.323 e. The van der Waals surface area contributed by atoms with Gasteiger partial charge in [0, 0.05) is 31.5 Å². The van der Waals surface area contributed by atoms with Crippen molar-refractivity contribution in [3.63, 3.8) is 0 Å². The highest BCUT2D eigenvalue weighted by molar-refractivity contribution is 5.88. The molecule has 7 nitrogen and oxygen atoms in total. The molecule has 2 aliphatic heterocycles. The van der Waals surface area contributed by atoms with E-state index in [-0.39, 0.29) is 24.8 Å². The Bertz CT molecular complexity index is 515. The SMILES string of the molecule is CC1(C)CN(CC(=O)N2CCC(=O)C(C)(C)C2)C(C(=O)O)CO1. The zero-order valence-corrected chi connectivity index (χ0v) is 14.3. The molecule has 1 unspecified atom stereocenters. The van der Waals surface area contributed by atoms with E-state index in [1.54, 1.807) is 9.80 Å². The van der Waals surface area contributed by atoms with E-state index in [9.17, 15) is 19.5 Å². The molecule has 0 radical (unpaired) electrons. The molecule has 1 atom stereocenters. The molecule has 2 heterocycles. The minimum atomic E-state index is -0.984. The van der Waals surface area contributed by atoms with Crippen molar-refractivity contribution >= 4 is 17.7 Å². The van der Waals surface area contributed by atoms with Crippen LogP contribution in [0.4, 0.5) is 0 Å². The van der Waals surface area contributed by atoms with Gasteiger partial charge in [-0.3, -0.25) is 19.3 Å². The van der Waals surface area contributed by atoms with Crippen molar-refractivity contribution < 1.29 is 24.2 Å². The lowest BCUT2D eigenvalue weighted by Gasteiger charge is -2.43. The predicted molar refractivity (Wildman–Crippen MR) is 83.0 cm³/mol. The topological polar surface area (TPSA) is 87.2 Å². The second-order valence-electron chi connectivity index (χ2n) is 7.70. The smallest absolute Gasteiger partial charge is 0.323 e. The van der Waals surface area contributed by atoms with Crippen LogP contribution in [0, 0.1) is 5.41 Å². The van der Waals surface area contributed by atoms with Gasteiger partial charge < -0.3 is 14.7 Å². The quantitative estimate of drug-likeness (QED) is 0.807. The first kappa shape index (κ1) is 17.9. The van der Waals surface area contributed by atoms with Gasteiger partial charge in [-0.2, -0.15) is 0 Å². The summed E-state index contributed by atoms with van der Waals surface area (Å²) in [5, 5.41) is 9.33.